The van der Waals surface area contributed by atoms with Crippen molar-refractivity contribution in [1.82, 2.24) is 5.32 Å². The minimum absolute atomic E-state index is 0.00330. The second kappa shape index (κ2) is 7.98. The summed E-state index contributed by atoms with van der Waals surface area (Å²) in [5, 5.41) is 5.85. The van der Waals surface area contributed by atoms with Crippen LogP contribution in [0.3, 0.4) is 0 Å². The van der Waals surface area contributed by atoms with Gasteiger partial charge in [0.2, 0.25) is 18.6 Å². The van der Waals surface area contributed by atoms with Crippen LogP contribution in [0.4, 0.5) is 5.69 Å². The molecule has 2 N–H and O–H groups in total. The van der Waals surface area contributed by atoms with Gasteiger partial charge in [0.15, 0.2) is 11.5 Å². The van der Waals surface area contributed by atoms with E-state index >= 15 is 0 Å². The maximum Gasteiger partial charge on any atom is 0.247 e. The standard InChI is InChI=1S/C20H28N2O4/c1-12(2)18(22-19(23)14-6-4-13(3)5-7-14)20(24)21-15-8-9-16-17(10-15)26-11-25-16/h8-10,12-14,18H,4-7,11H2,1-3H3,(H,21,24)(H,22,23). The number of anilines is 1. The van der Waals surface area contributed by atoms with Gasteiger partial charge in [-0.05, 0) is 49.7 Å². The van der Waals surface area contributed by atoms with Gasteiger partial charge < -0.3 is 20.1 Å². The Morgan fingerprint density at radius 3 is 2.46 bits per heavy atom. The lowest BCUT2D eigenvalue weighted by Crippen LogP contribution is -2.49. The number of nitrogens with one attached hydrogen (secondary N) is 2. The minimum atomic E-state index is -0.563. The Morgan fingerprint density at radius 1 is 1.08 bits per heavy atom. The zero-order valence-electron chi connectivity index (χ0n) is 15.7. The number of carbonyl (C=O) groups excluding carboxylic acids is 2. The first kappa shape index (κ1) is 18.5. The molecule has 6 nitrogen and oxygen atoms in total. The molecule has 0 saturated heterocycles. The van der Waals surface area contributed by atoms with Gasteiger partial charge in [-0.25, -0.2) is 0 Å². The Labute approximate surface area is 154 Å². The molecule has 1 aromatic rings. The summed E-state index contributed by atoms with van der Waals surface area (Å²) in [5.41, 5.74) is 0.630. The topological polar surface area (TPSA) is 76.7 Å². The quantitative estimate of drug-likeness (QED) is 0.844. The van der Waals surface area contributed by atoms with Crippen LogP contribution in [-0.2, 0) is 9.59 Å². The number of hydrogen-bond acceptors (Lipinski definition) is 4. The van der Waals surface area contributed by atoms with Crippen molar-refractivity contribution in [3.63, 3.8) is 0 Å². The predicted octanol–water partition coefficient (Wildman–Crippen LogP) is 3.32. The third-order valence-corrected chi connectivity index (χ3v) is 5.27. The van der Waals surface area contributed by atoms with Crippen LogP contribution >= 0.6 is 0 Å². The summed E-state index contributed by atoms with van der Waals surface area (Å²) < 4.78 is 10.6. The van der Waals surface area contributed by atoms with Crippen LogP contribution in [0.25, 0.3) is 0 Å². The highest BCUT2D eigenvalue weighted by Gasteiger charge is 2.30. The van der Waals surface area contributed by atoms with Gasteiger partial charge in [-0.2, -0.15) is 0 Å². The number of amides is 2. The lowest BCUT2D eigenvalue weighted by atomic mass is 9.82. The highest BCUT2D eigenvalue weighted by atomic mass is 16.7. The summed E-state index contributed by atoms with van der Waals surface area (Å²) in [6.45, 7) is 6.29. The highest BCUT2D eigenvalue weighted by Crippen LogP contribution is 2.34. The van der Waals surface area contributed by atoms with Crippen molar-refractivity contribution in [2.24, 2.45) is 17.8 Å². The van der Waals surface area contributed by atoms with E-state index in [4.69, 9.17) is 9.47 Å². The molecule has 6 heteroatoms. The molecule has 0 spiro atoms. The fourth-order valence-electron chi connectivity index (χ4n) is 3.52. The first-order valence-electron chi connectivity index (χ1n) is 9.45. The molecule has 1 aliphatic heterocycles. The Morgan fingerprint density at radius 2 is 1.77 bits per heavy atom. The van der Waals surface area contributed by atoms with E-state index in [0.717, 1.165) is 25.7 Å². The van der Waals surface area contributed by atoms with E-state index < -0.39 is 6.04 Å². The Balaban J connectivity index is 1.61. The van der Waals surface area contributed by atoms with Gasteiger partial charge in [-0.3, -0.25) is 9.59 Å². The summed E-state index contributed by atoms with van der Waals surface area (Å²) >= 11 is 0. The van der Waals surface area contributed by atoms with E-state index in [0.29, 0.717) is 23.1 Å². The Bertz CT molecular complexity index is 666. The molecule has 2 aliphatic rings. The fraction of sp³-hybridized carbons (Fsp3) is 0.600. The molecule has 1 atom stereocenters. The molecule has 0 bridgehead atoms. The number of rotatable bonds is 5. The van der Waals surface area contributed by atoms with Gasteiger partial charge >= 0.3 is 0 Å². The van der Waals surface area contributed by atoms with Gasteiger partial charge in [0.1, 0.15) is 6.04 Å². The molecule has 3 rings (SSSR count). The SMILES string of the molecule is CC1CCC(C(=O)NC(C(=O)Nc2ccc3c(c2)OCO3)C(C)C)CC1. The van der Waals surface area contributed by atoms with Crippen molar-refractivity contribution in [2.75, 3.05) is 12.1 Å². The second-order valence-electron chi connectivity index (χ2n) is 7.74. The monoisotopic (exact) mass is 360 g/mol. The van der Waals surface area contributed by atoms with Gasteiger partial charge in [0.05, 0.1) is 0 Å². The van der Waals surface area contributed by atoms with E-state index in [-0.39, 0.29) is 30.4 Å². The molecule has 1 unspecified atom stereocenters. The van der Waals surface area contributed by atoms with Crippen molar-refractivity contribution in [1.29, 1.82) is 0 Å². The molecule has 0 aromatic heterocycles. The van der Waals surface area contributed by atoms with Crippen LogP contribution < -0.4 is 20.1 Å². The van der Waals surface area contributed by atoms with Crippen molar-refractivity contribution < 1.29 is 19.1 Å². The van der Waals surface area contributed by atoms with Crippen molar-refractivity contribution in [3.05, 3.63) is 18.2 Å². The summed E-state index contributed by atoms with van der Waals surface area (Å²) in [4.78, 5) is 25.3. The van der Waals surface area contributed by atoms with E-state index in [1.54, 1.807) is 18.2 Å². The van der Waals surface area contributed by atoms with Crippen molar-refractivity contribution >= 4 is 17.5 Å². The van der Waals surface area contributed by atoms with E-state index in [1.807, 2.05) is 13.8 Å². The first-order chi connectivity index (χ1) is 12.4. The smallest absolute Gasteiger partial charge is 0.247 e. The average molecular weight is 360 g/mol. The zero-order valence-corrected chi connectivity index (χ0v) is 15.7. The van der Waals surface area contributed by atoms with Crippen LogP contribution in [0, 0.1) is 17.8 Å². The van der Waals surface area contributed by atoms with Crippen LogP contribution in [0.1, 0.15) is 46.5 Å². The summed E-state index contributed by atoms with van der Waals surface area (Å²) in [6, 6.07) is 4.71. The van der Waals surface area contributed by atoms with E-state index in [1.165, 1.54) is 0 Å². The number of ether oxygens (including phenoxy) is 2. The van der Waals surface area contributed by atoms with Crippen LogP contribution in [0.5, 0.6) is 11.5 Å². The molecule has 1 aromatic carbocycles. The van der Waals surface area contributed by atoms with E-state index in [9.17, 15) is 9.59 Å². The van der Waals surface area contributed by atoms with Crippen molar-refractivity contribution in [2.45, 2.75) is 52.5 Å². The van der Waals surface area contributed by atoms with Crippen LogP contribution in [0.15, 0.2) is 18.2 Å². The minimum Gasteiger partial charge on any atom is -0.454 e. The first-order valence-corrected chi connectivity index (χ1v) is 9.45. The number of fused-ring (bicyclic) bond motifs is 1. The molecule has 26 heavy (non-hydrogen) atoms. The summed E-state index contributed by atoms with van der Waals surface area (Å²) in [6.07, 6.45) is 3.96. The largest absolute Gasteiger partial charge is 0.454 e. The third kappa shape index (κ3) is 4.29. The Hall–Kier alpha value is -2.24. The number of carbonyl (C=O) groups is 2. The number of benzene rings is 1. The molecule has 1 heterocycles. The summed E-state index contributed by atoms with van der Waals surface area (Å²) in [7, 11) is 0. The maximum atomic E-state index is 12.7. The molecule has 142 valence electrons. The number of hydrogen-bond donors (Lipinski definition) is 2. The lowest BCUT2D eigenvalue weighted by Gasteiger charge is -2.28. The van der Waals surface area contributed by atoms with Crippen molar-refractivity contribution in [3.8, 4) is 11.5 Å². The molecule has 1 fully saturated rings. The summed E-state index contributed by atoms with van der Waals surface area (Å²) in [5.74, 6) is 1.77. The molecular weight excluding hydrogens is 332 g/mol. The molecule has 0 radical (unpaired) electrons. The van der Waals surface area contributed by atoms with Gasteiger partial charge in [0, 0.05) is 17.7 Å². The van der Waals surface area contributed by atoms with Gasteiger partial charge in [-0.15, -0.1) is 0 Å². The highest BCUT2D eigenvalue weighted by molar-refractivity contribution is 5.97. The maximum absolute atomic E-state index is 12.7. The second-order valence-corrected chi connectivity index (χ2v) is 7.74. The van der Waals surface area contributed by atoms with Crippen LogP contribution in [-0.4, -0.2) is 24.6 Å². The Kier molecular flexibility index (Phi) is 5.69. The molecule has 2 amide bonds. The van der Waals surface area contributed by atoms with E-state index in [2.05, 4.69) is 17.6 Å². The average Bonchev–Trinajstić information content (AvgIpc) is 3.07. The fourth-order valence-corrected chi connectivity index (χ4v) is 3.52. The van der Waals surface area contributed by atoms with Crippen LogP contribution in [0.2, 0.25) is 0 Å². The van der Waals surface area contributed by atoms with Gasteiger partial charge in [-0.1, -0.05) is 20.8 Å². The predicted molar refractivity (Wildman–Crippen MR) is 99.1 cm³/mol. The van der Waals surface area contributed by atoms with Gasteiger partial charge in [0.25, 0.3) is 0 Å². The third-order valence-electron chi connectivity index (χ3n) is 5.27. The zero-order chi connectivity index (χ0) is 18.7. The molecular formula is C20H28N2O4. The molecule has 1 saturated carbocycles. The molecule has 1 aliphatic carbocycles. The lowest BCUT2D eigenvalue weighted by molar-refractivity contribution is -0.131. The normalized spacial score (nSPS) is 22.8.